The zero-order valence-electron chi connectivity index (χ0n) is 8.64. The van der Waals surface area contributed by atoms with Crippen molar-refractivity contribution in [3.8, 4) is 0 Å². The zero-order valence-corrected chi connectivity index (χ0v) is 9.53. The summed E-state index contributed by atoms with van der Waals surface area (Å²) < 4.78 is 8.88. The maximum atomic E-state index is 8.88. The van der Waals surface area contributed by atoms with Gasteiger partial charge in [-0.1, -0.05) is 13.8 Å². The van der Waals surface area contributed by atoms with Gasteiger partial charge in [-0.15, -0.1) is 0 Å². The summed E-state index contributed by atoms with van der Waals surface area (Å²) in [6.45, 7) is 5.73. The highest BCUT2D eigenvalue weighted by Gasteiger charge is 2.00. The average molecular weight is 213 g/mol. The van der Waals surface area contributed by atoms with Crippen LogP contribution in [0.4, 0.5) is 0 Å². The highest BCUT2D eigenvalue weighted by molar-refractivity contribution is 7.45. The summed E-state index contributed by atoms with van der Waals surface area (Å²) in [5.41, 5.74) is 0. The molecular formula is C7H20NO4P. The van der Waals surface area contributed by atoms with Gasteiger partial charge in [0.15, 0.2) is 0 Å². The molecule has 0 aromatic heterocycles. The third kappa shape index (κ3) is 47.6. The smallest absolute Gasteiger partial charge is 0.309 e. The fourth-order valence-electron chi connectivity index (χ4n) is 0.516. The molecule has 0 amide bonds. The Bertz CT molecular complexity index is 138. The molecule has 0 aliphatic heterocycles. The molecule has 3 N–H and O–H groups in total. The van der Waals surface area contributed by atoms with Crippen LogP contribution >= 0.6 is 7.82 Å². The van der Waals surface area contributed by atoms with Gasteiger partial charge in [-0.05, 0) is 33.0 Å². The van der Waals surface area contributed by atoms with Crippen molar-refractivity contribution in [3.05, 3.63) is 0 Å². The second-order valence-electron chi connectivity index (χ2n) is 3.50. The minimum absolute atomic E-state index is 0.845. The monoisotopic (exact) mass is 213 g/mol. The standard InChI is InChI=1S/C7H17N.H3O4P/c1-7(2)5-6-8(3)4;1-5(2,3)4/h7H,5-6H2,1-4H3;(H3,1,2,3,4). The first-order chi connectivity index (χ1) is 5.63. The van der Waals surface area contributed by atoms with E-state index in [1.165, 1.54) is 13.0 Å². The van der Waals surface area contributed by atoms with Crippen LogP contribution in [0.5, 0.6) is 0 Å². The molecule has 0 rings (SSSR count). The molecule has 0 radical (unpaired) electrons. The van der Waals surface area contributed by atoms with Crippen LogP contribution in [0.15, 0.2) is 0 Å². The van der Waals surface area contributed by atoms with Gasteiger partial charge >= 0.3 is 7.82 Å². The molecule has 5 nitrogen and oxygen atoms in total. The van der Waals surface area contributed by atoms with Crippen molar-refractivity contribution >= 4 is 7.82 Å². The van der Waals surface area contributed by atoms with Crippen LogP contribution in [0.3, 0.4) is 0 Å². The van der Waals surface area contributed by atoms with Gasteiger partial charge in [0.1, 0.15) is 0 Å². The van der Waals surface area contributed by atoms with E-state index in [0.29, 0.717) is 0 Å². The maximum Gasteiger partial charge on any atom is 0.466 e. The van der Waals surface area contributed by atoms with Crippen molar-refractivity contribution in [2.75, 3.05) is 20.6 Å². The molecule has 0 atom stereocenters. The van der Waals surface area contributed by atoms with Gasteiger partial charge in [0.05, 0.1) is 0 Å². The normalized spacial score (nSPS) is 11.5. The average Bonchev–Trinajstić information content (AvgIpc) is 1.79. The van der Waals surface area contributed by atoms with Crippen LogP contribution in [-0.2, 0) is 4.57 Å². The number of hydrogen-bond acceptors (Lipinski definition) is 2. The second kappa shape index (κ2) is 7.47. The Morgan fingerprint density at radius 2 is 1.54 bits per heavy atom. The summed E-state index contributed by atoms with van der Waals surface area (Å²) in [7, 11) is -0.412. The quantitative estimate of drug-likeness (QED) is 0.600. The van der Waals surface area contributed by atoms with Gasteiger partial charge in [-0.25, -0.2) is 4.57 Å². The van der Waals surface area contributed by atoms with E-state index in [9.17, 15) is 0 Å². The first-order valence-electron chi connectivity index (χ1n) is 4.06. The van der Waals surface area contributed by atoms with Crippen LogP contribution in [-0.4, -0.2) is 40.2 Å². The molecular weight excluding hydrogens is 193 g/mol. The van der Waals surface area contributed by atoms with E-state index >= 15 is 0 Å². The third-order valence-electron chi connectivity index (χ3n) is 1.15. The van der Waals surface area contributed by atoms with E-state index in [1.54, 1.807) is 0 Å². The highest BCUT2D eigenvalue weighted by atomic mass is 31.2. The van der Waals surface area contributed by atoms with Crippen molar-refractivity contribution in [2.45, 2.75) is 20.3 Å². The van der Waals surface area contributed by atoms with E-state index in [0.717, 1.165) is 5.92 Å². The Kier molecular flexibility index (Phi) is 8.93. The Morgan fingerprint density at radius 1 is 1.23 bits per heavy atom. The van der Waals surface area contributed by atoms with Crippen LogP contribution in [0, 0.1) is 5.92 Å². The number of hydrogen-bond donors (Lipinski definition) is 3. The number of nitrogens with zero attached hydrogens (tertiary/aromatic N) is 1. The fraction of sp³-hybridized carbons (Fsp3) is 1.00. The highest BCUT2D eigenvalue weighted by Crippen LogP contribution is 2.25. The molecule has 6 heteroatoms. The Balaban J connectivity index is 0. The molecule has 82 valence electrons. The van der Waals surface area contributed by atoms with Gasteiger partial charge < -0.3 is 19.6 Å². The van der Waals surface area contributed by atoms with Crippen LogP contribution < -0.4 is 0 Å². The molecule has 0 unspecified atom stereocenters. The van der Waals surface area contributed by atoms with E-state index < -0.39 is 7.82 Å². The molecule has 0 fully saturated rings. The second-order valence-corrected chi connectivity index (χ2v) is 4.53. The van der Waals surface area contributed by atoms with Crippen molar-refractivity contribution in [1.29, 1.82) is 0 Å². The largest absolute Gasteiger partial charge is 0.466 e. The van der Waals surface area contributed by atoms with Crippen molar-refractivity contribution in [3.63, 3.8) is 0 Å². The molecule has 0 aromatic rings. The van der Waals surface area contributed by atoms with Crippen LogP contribution in [0.25, 0.3) is 0 Å². The fourth-order valence-corrected chi connectivity index (χ4v) is 0.516. The van der Waals surface area contributed by atoms with E-state index in [1.807, 2.05) is 0 Å². The first-order valence-corrected chi connectivity index (χ1v) is 5.62. The Hall–Kier alpha value is 0.0700. The summed E-state index contributed by atoms with van der Waals surface area (Å²) in [5.74, 6) is 0.845. The minimum Gasteiger partial charge on any atom is -0.309 e. The predicted octanol–water partition coefficient (Wildman–Crippen LogP) is 0.665. The molecule has 0 heterocycles. The van der Waals surface area contributed by atoms with Gasteiger partial charge in [0, 0.05) is 0 Å². The Labute approximate surface area is 79.6 Å². The molecule has 13 heavy (non-hydrogen) atoms. The third-order valence-corrected chi connectivity index (χ3v) is 1.15. The van der Waals surface area contributed by atoms with Crippen LogP contribution in [0.2, 0.25) is 0 Å². The molecule has 0 spiro atoms. The summed E-state index contributed by atoms with van der Waals surface area (Å²) in [4.78, 5) is 23.8. The summed E-state index contributed by atoms with van der Waals surface area (Å²) in [5, 5.41) is 0. The van der Waals surface area contributed by atoms with E-state index in [4.69, 9.17) is 19.2 Å². The zero-order chi connectivity index (χ0) is 11.1. The van der Waals surface area contributed by atoms with E-state index in [-0.39, 0.29) is 0 Å². The Morgan fingerprint density at radius 3 is 1.62 bits per heavy atom. The lowest BCUT2D eigenvalue weighted by Crippen LogP contribution is -2.14. The maximum absolute atomic E-state index is 8.88. The summed E-state index contributed by atoms with van der Waals surface area (Å²) in [6.07, 6.45) is 1.31. The first kappa shape index (κ1) is 15.5. The molecule has 0 aromatic carbocycles. The van der Waals surface area contributed by atoms with Crippen molar-refractivity contribution < 1.29 is 19.2 Å². The molecule has 0 saturated carbocycles. The topological polar surface area (TPSA) is 81.0 Å². The van der Waals surface area contributed by atoms with Gasteiger partial charge in [-0.3, -0.25) is 0 Å². The van der Waals surface area contributed by atoms with E-state index in [2.05, 4.69) is 32.8 Å². The number of phosphoric acid groups is 1. The van der Waals surface area contributed by atoms with Gasteiger partial charge in [-0.2, -0.15) is 0 Å². The van der Waals surface area contributed by atoms with Crippen molar-refractivity contribution in [2.24, 2.45) is 5.92 Å². The van der Waals surface area contributed by atoms with Gasteiger partial charge in [0.25, 0.3) is 0 Å². The molecule has 0 bridgehead atoms. The lowest BCUT2D eigenvalue weighted by molar-refractivity contribution is 0.275. The van der Waals surface area contributed by atoms with Crippen LogP contribution in [0.1, 0.15) is 20.3 Å². The molecule has 0 aliphatic rings. The van der Waals surface area contributed by atoms with Crippen molar-refractivity contribution in [1.82, 2.24) is 4.90 Å². The summed E-state index contributed by atoms with van der Waals surface area (Å²) in [6, 6.07) is 0. The predicted molar refractivity (Wildman–Crippen MR) is 52.3 cm³/mol. The lowest BCUT2D eigenvalue weighted by atomic mass is 10.1. The molecule has 0 saturated heterocycles. The van der Waals surface area contributed by atoms with Gasteiger partial charge in [0.2, 0.25) is 0 Å². The number of rotatable bonds is 3. The summed E-state index contributed by atoms with van der Waals surface area (Å²) >= 11 is 0. The SMILES string of the molecule is CC(C)CCN(C)C.O=P(O)(O)O. The lowest BCUT2D eigenvalue weighted by Gasteiger charge is -2.10. The minimum atomic E-state index is -4.64. The molecule has 0 aliphatic carbocycles.